The Morgan fingerprint density at radius 1 is 1.37 bits per heavy atom. The zero-order valence-electron chi connectivity index (χ0n) is 10.9. The summed E-state index contributed by atoms with van der Waals surface area (Å²) >= 11 is 0. The first-order chi connectivity index (χ1) is 9.20. The molecule has 0 saturated heterocycles. The number of hydrogen-bond acceptors (Lipinski definition) is 3. The molecule has 0 amide bonds. The van der Waals surface area contributed by atoms with Crippen LogP contribution in [0.5, 0.6) is 0 Å². The predicted octanol–water partition coefficient (Wildman–Crippen LogP) is 2.41. The van der Waals surface area contributed by atoms with E-state index in [1.807, 2.05) is 36.4 Å². The molecule has 19 heavy (non-hydrogen) atoms. The van der Waals surface area contributed by atoms with Crippen LogP contribution >= 0.6 is 0 Å². The van der Waals surface area contributed by atoms with Gasteiger partial charge in [0.15, 0.2) is 5.78 Å². The quantitative estimate of drug-likeness (QED) is 0.780. The minimum atomic E-state index is -0.752. The van der Waals surface area contributed by atoms with E-state index in [0.717, 1.165) is 12.0 Å². The molecule has 1 fully saturated rings. The van der Waals surface area contributed by atoms with E-state index >= 15 is 0 Å². The van der Waals surface area contributed by atoms with Crippen molar-refractivity contribution in [3.05, 3.63) is 47.5 Å². The number of carbonyl (C=O) groups is 2. The number of carbonyl (C=O) groups excluding carboxylic acids is 2. The molecule has 0 heterocycles. The molecule has 0 radical (unpaired) electrons. The number of fused-ring (bicyclic) bond motifs is 2. The fourth-order valence-corrected chi connectivity index (χ4v) is 3.33. The lowest BCUT2D eigenvalue weighted by Crippen LogP contribution is -2.35. The van der Waals surface area contributed by atoms with Gasteiger partial charge < -0.3 is 4.74 Å². The second-order valence-electron chi connectivity index (χ2n) is 5.08. The van der Waals surface area contributed by atoms with Crippen molar-refractivity contribution in [3.63, 3.8) is 0 Å². The minimum Gasteiger partial charge on any atom is -0.463 e. The number of hydrogen-bond donors (Lipinski definition) is 0. The highest BCUT2D eigenvalue weighted by Crippen LogP contribution is 2.52. The molecule has 98 valence electrons. The molecular weight excluding hydrogens is 240 g/mol. The van der Waals surface area contributed by atoms with Crippen LogP contribution in [0.15, 0.2) is 42.0 Å². The fraction of sp³-hybridized carbons (Fsp3) is 0.375. The van der Waals surface area contributed by atoms with Gasteiger partial charge in [-0.05, 0) is 25.3 Å². The van der Waals surface area contributed by atoms with Gasteiger partial charge in [0.25, 0.3) is 0 Å². The second kappa shape index (κ2) is 4.34. The Hall–Kier alpha value is -1.90. The van der Waals surface area contributed by atoms with Gasteiger partial charge in [0, 0.05) is 5.92 Å². The van der Waals surface area contributed by atoms with Crippen molar-refractivity contribution in [1.29, 1.82) is 0 Å². The first kappa shape index (κ1) is 12.2. The van der Waals surface area contributed by atoms with E-state index < -0.39 is 5.41 Å². The first-order valence-corrected chi connectivity index (χ1v) is 6.69. The van der Waals surface area contributed by atoms with Crippen LogP contribution < -0.4 is 0 Å². The lowest BCUT2D eigenvalue weighted by atomic mass is 9.74. The molecule has 1 unspecified atom stereocenters. The molecule has 1 aromatic carbocycles. The van der Waals surface area contributed by atoms with E-state index in [9.17, 15) is 9.59 Å². The molecule has 1 aromatic rings. The first-order valence-electron chi connectivity index (χ1n) is 6.69. The van der Waals surface area contributed by atoms with Crippen LogP contribution in [0.4, 0.5) is 0 Å². The van der Waals surface area contributed by atoms with Gasteiger partial charge in [-0.2, -0.15) is 0 Å². The molecular formula is C16H16O3. The van der Waals surface area contributed by atoms with E-state index in [0.29, 0.717) is 18.6 Å². The molecule has 3 nitrogen and oxygen atoms in total. The maximum atomic E-state index is 12.5. The summed E-state index contributed by atoms with van der Waals surface area (Å²) in [5.41, 5.74) is 0.708. The van der Waals surface area contributed by atoms with E-state index in [-0.39, 0.29) is 17.7 Å². The van der Waals surface area contributed by atoms with E-state index in [1.165, 1.54) is 0 Å². The minimum absolute atomic E-state index is 0.111. The van der Waals surface area contributed by atoms with Crippen LogP contribution in [0.1, 0.15) is 25.3 Å². The van der Waals surface area contributed by atoms with E-state index in [2.05, 4.69) is 0 Å². The van der Waals surface area contributed by atoms with Crippen LogP contribution in [-0.4, -0.2) is 18.4 Å². The Morgan fingerprint density at radius 2 is 2.11 bits per heavy atom. The third-order valence-corrected chi connectivity index (χ3v) is 4.18. The van der Waals surface area contributed by atoms with Crippen LogP contribution in [0, 0.1) is 5.92 Å². The Balaban J connectivity index is 2.09. The summed E-state index contributed by atoms with van der Waals surface area (Å²) < 4.78 is 5.11. The molecule has 2 bridgehead atoms. The zero-order chi connectivity index (χ0) is 13.5. The van der Waals surface area contributed by atoms with Crippen molar-refractivity contribution in [2.45, 2.75) is 25.2 Å². The number of ketones is 1. The average Bonchev–Trinajstić information content (AvgIpc) is 2.92. The molecule has 1 saturated carbocycles. The highest BCUT2D eigenvalue weighted by Gasteiger charge is 2.57. The van der Waals surface area contributed by atoms with Gasteiger partial charge in [-0.25, -0.2) is 4.79 Å². The number of benzene rings is 1. The van der Waals surface area contributed by atoms with Gasteiger partial charge >= 0.3 is 5.97 Å². The molecule has 0 N–H and O–H groups in total. The van der Waals surface area contributed by atoms with Crippen molar-refractivity contribution < 1.29 is 14.3 Å². The van der Waals surface area contributed by atoms with Gasteiger partial charge in [-0.3, -0.25) is 4.79 Å². The Kier molecular flexibility index (Phi) is 2.77. The summed E-state index contributed by atoms with van der Waals surface area (Å²) in [5.74, 6) is -0.303. The topological polar surface area (TPSA) is 43.4 Å². The molecule has 0 aromatic heterocycles. The highest BCUT2D eigenvalue weighted by atomic mass is 16.5. The standard InChI is InChI=1S/C16H16O3/c1-2-19-15(18)13-10-11-8-9-16(13,14(11)17)12-6-4-3-5-7-12/h3-7,10-11H,2,8-9H2,1H3/t11?,16-/m0/s1. The lowest BCUT2D eigenvalue weighted by molar-refractivity contribution is -0.140. The van der Waals surface area contributed by atoms with Gasteiger partial charge in [0.2, 0.25) is 0 Å². The number of esters is 1. The summed E-state index contributed by atoms with van der Waals surface area (Å²) in [7, 11) is 0. The molecule has 2 atom stereocenters. The van der Waals surface area contributed by atoms with Gasteiger partial charge in [0.05, 0.1) is 17.6 Å². The summed E-state index contributed by atoms with van der Waals surface area (Å²) in [6, 6.07) is 9.59. The Labute approximate surface area is 112 Å². The number of ether oxygens (including phenoxy) is 1. The summed E-state index contributed by atoms with van der Waals surface area (Å²) in [6.07, 6.45) is 3.36. The van der Waals surface area contributed by atoms with E-state index in [4.69, 9.17) is 4.74 Å². The van der Waals surface area contributed by atoms with Crippen LogP contribution in [0.2, 0.25) is 0 Å². The van der Waals surface area contributed by atoms with Crippen LogP contribution in [0.3, 0.4) is 0 Å². The van der Waals surface area contributed by atoms with Crippen molar-refractivity contribution in [1.82, 2.24) is 0 Å². The number of Topliss-reactive ketones (excluding diaryl/α,β-unsaturated/α-hetero) is 1. The maximum absolute atomic E-state index is 12.5. The fourth-order valence-electron chi connectivity index (χ4n) is 3.33. The van der Waals surface area contributed by atoms with Crippen molar-refractivity contribution in [3.8, 4) is 0 Å². The molecule has 2 aliphatic rings. The highest BCUT2D eigenvalue weighted by molar-refractivity contribution is 6.11. The smallest absolute Gasteiger partial charge is 0.335 e. The molecule has 2 aliphatic carbocycles. The average molecular weight is 256 g/mol. The summed E-state index contributed by atoms with van der Waals surface area (Å²) in [5, 5.41) is 0. The molecule has 3 rings (SSSR count). The SMILES string of the molecule is CCOC(=O)C1=CC2CC[C@@]1(c1ccccc1)C2=O. The van der Waals surface area contributed by atoms with Gasteiger partial charge in [-0.1, -0.05) is 36.4 Å². The van der Waals surface area contributed by atoms with Crippen LogP contribution in [0.25, 0.3) is 0 Å². The lowest BCUT2D eigenvalue weighted by Gasteiger charge is -2.27. The zero-order valence-corrected chi connectivity index (χ0v) is 10.9. The number of rotatable bonds is 3. The number of allylic oxidation sites excluding steroid dienone is 1. The third kappa shape index (κ3) is 1.57. The largest absolute Gasteiger partial charge is 0.463 e. The predicted molar refractivity (Wildman–Crippen MR) is 70.6 cm³/mol. The van der Waals surface area contributed by atoms with Gasteiger partial charge in [0.1, 0.15) is 0 Å². The molecule has 0 spiro atoms. The summed E-state index contributed by atoms with van der Waals surface area (Å²) in [6.45, 7) is 2.11. The normalized spacial score (nSPS) is 28.4. The van der Waals surface area contributed by atoms with Crippen molar-refractivity contribution in [2.24, 2.45) is 5.92 Å². The summed E-state index contributed by atoms with van der Waals surface area (Å²) in [4.78, 5) is 24.7. The maximum Gasteiger partial charge on any atom is 0.335 e. The third-order valence-electron chi connectivity index (χ3n) is 4.18. The molecule has 0 aliphatic heterocycles. The Morgan fingerprint density at radius 3 is 2.74 bits per heavy atom. The van der Waals surface area contributed by atoms with Crippen molar-refractivity contribution in [2.75, 3.05) is 6.61 Å². The monoisotopic (exact) mass is 256 g/mol. The second-order valence-corrected chi connectivity index (χ2v) is 5.08. The van der Waals surface area contributed by atoms with Crippen molar-refractivity contribution >= 4 is 11.8 Å². The Bertz CT molecular complexity index is 559. The molecule has 3 heteroatoms. The van der Waals surface area contributed by atoms with Crippen LogP contribution in [-0.2, 0) is 19.7 Å². The van der Waals surface area contributed by atoms with Gasteiger partial charge in [-0.15, -0.1) is 0 Å². The van der Waals surface area contributed by atoms with E-state index in [1.54, 1.807) is 6.92 Å².